The van der Waals surface area contributed by atoms with Crippen LogP contribution in [0, 0.1) is 0 Å². The van der Waals surface area contributed by atoms with Crippen molar-refractivity contribution in [1.29, 1.82) is 0 Å². The first-order chi connectivity index (χ1) is 8.22. The summed E-state index contributed by atoms with van der Waals surface area (Å²) >= 11 is 1.66. The molecule has 5 heteroatoms. The van der Waals surface area contributed by atoms with Gasteiger partial charge in [-0.25, -0.2) is 4.98 Å². The summed E-state index contributed by atoms with van der Waals surface area (Å²) in [4.78, 5) is 4.31. The molecule has 98 valence electrons. The van der Waals surface area contributed by atoms with Crippen LogP contribution in [0.25, 0.3) is 0 Å². The molecule has 1 rings (SSSR count). The molecular weight excluding hydrogens is 234 g/mol. The fraction of sp³-hybridized carbons (Fsp3) is 0.750. The van der Waals surface area contributed by atoms with Crippen molar-refractivity contribution < 1.29 is 4.74 Å². The minimum atomic E-state index is -0.199. The lowest BCUT2D eigenvalue weighted by atomic mass is 9.86. The molecule has 1 heterocycles. The van der Waals surface area contributed by atoms with Gasteiger partial charge in [0.2, 0.25) is 0 Å². The summed E-state index contributed by atoms with van der Waals surface area (Å²) in [5.74, 6) is 5.70. The van der Waals surface area contributed by atoms with Crippen LogP contribution in [0.5, 0.6) is 0 Å². The van der Waals surface area contributed by atoms with Crippen LogP contribution >= 0.6 is 11.3 Å². The molecule has 1 atom stereocenters. The summed E-state index contributed by atoms with van der Waals surface area (Å²) in [5.41, 5.74) is 2.71. The van der Waals surface area contributed by atoms with Gasteiger partial charge in [-0.1, -0.05) is 13.8 Å². The molecular formula is C12H23N3OS. The van der Waals surface area contributed by atoms with Gasteiger partial charge in [-0.15, -0.1) is 11.3 Å². The molecule has 0 aliphatic rings. The quantitative estimate of drug-likeness (QED) is 0.553. The van der Waals surface area contributed by atoms with E-state index in [0.717, 1.165) is 24.3 Å². The third kappa shape index (κ3) is 3.48. The second kappa shape index (κ2) is 7.06. The highest BCUT2D eigenvalue weighted by molar-refractivity contribution is 7.09. The average molecular weight is 257 g/mol. The maximum Gasteiger partial charge on any atom is 0.0942 e. The first kappa shape index (κ1) is 14.6. The van der Waals surface area contributed by atoms with Crippen LogP contribution in [0.3, 0.4) is 0 Å². The molecule has 17 heavy (non-hydrogen) atoms. The van der Waals surface area contributed by atoms with E-state index in [1.54, 1.807) is 11.3 Å². The van der Waals surface area contributed by atoms with Gasteiger partial charge in [0.15, 0.2) is 0 Å². The van der Waals surface area contributed by atoms with Crippen LogP contribution in [-0.4, -0.2) is 23.2 Å². The van der Waals surface area contributed by atoms with Gasteiger partial charge in [-0.2, -0.15) is 0 Å². The van der Waals surface area contributed by atoms with Crippen molar-refractivity contribution in [2.75, 3.05) is 6.61 Å². The summed E-state index contributed by atoms with van der Waals surface area (Å²) in [6, 6.07) is 0.101. The minimum absolute atomic E-state index is 0.101. The lowest BCUT2D eigenvalue weighted by Crippen LogP contribution is -2.55. The van der Waals surface area contributed by atoms with E-state index in [0.29, 0.717) is 6.61 Å². The Bertz CT molecular complexity index is 299. The second-order valence-electron chi connectivity index (χ2n) is 4.05. The Morgan fingerprint density at radius 1 is 1.47 bits per heavy atom. The number of hydrogen-bond donors (Lipinski definition) is 2. The number of nitrogens with two attached hydrogens (primary N) is 1. The van der Waals surface area contributed by atoms with E-state index in [2.05, 4.69) is 24.3 Å². The normalized spacial score (nSPS) is 13.9. The standard InChI is InChI=1S/C12H23N3OS/c1-4-12(5-2,16-6-3)10(15-13)9-11-14-7-8-17-11/h7-8,10,15H,4-6,9,13H2,1-3H3. The summed E-state index contributed by atoms with van der Waals surface area (Å²) in [5, 5.41) is 3.09. The van der Waals surface area contributed by atoms with Gasteiger partial charge in [0.25, 0.3) is 0 Å². The molecule has 0 fully saturated rings. The van der Waals surface area contributed by atoms with E-state index in [9.17, 15) is 0 Å². The third-order valence-corrected chi connectivity index (χ3v) is 4.13. The zero-order chi connectivity index (χ0) is 12.7. The molecule has 1 aromatic rings. The fourth-order valence-electron chi connectivity index (χ4n) is 2.26. The van der Waals surface area contributed by atoms with Crippen molar-refractivity contribution in [1.82, 2.24) is 10.4 Å². The van der Waals surface area contributed by atoms with E-state index in [4.69, 9.17) is 10.6 Å². The topological polar surface area (TPSA) is 60.2 Å². The Morgan fingerprint density at radius 3 is 2.59 bits per heavy atom. The number of ether oxygens (including phenoxy) is 1. The fourth-order valence-corrected chi connectivity index (χ4v) is 2.92. The molecule has 1 unspecified atom stereocenters. The molecule has 3 N–H and O–H groups in total. The molecule has 0 radical (unpaired) electrons. The van der Waals surface area contributed by atoms with Gasteiger partial charge >= 0.3 is 0 Å². The largest absolute Gasteiger partial charge is 0.374 e. The summed E-state index contributed by atoms with van der Waals surface area (Å²) in [6.07, 6.45) is 4.53. The third-order valence-electron chi connectivity index (χ3n) is 3.33. The summed E-state index contributed by atoms with van der Waals surface area (Å²) in [7, 11) is 0. The number of hydrogen-bond acceptors (Lipinski definition) is 5. The number of thiazole rings is 1. The SMILES string of the molecule is CCOC(CC)(CC)C(Cc1nccs1)NN. The van der Waals surface area contributed by atoms with Crippen LogP contribution in [-0.2, 0) is 11.2 Å². The van der Waals surface area contributed by atoms with E-state index in [1.165, 1.54) is 0 Å². The van der Waals surface area contributed by atoms with Crippen LogP contribution in [0.4, 0.5) is 0 Å². The highest BCUT2D eigenvalue weighted by Gasteiger charge is 2.36. The van der Waals surface area contributed by atoms with E-state index in [-0.39, 0.29) is 11.6 Å². The van der Waals surface area contributed by atoms with Gasteiger partial charge in [-0.05, 0) is 19.8 Å². The number of rotatable bonds is 8. The monoisotopic (exact) mass is 257 g/mol. The molecule has 0 bridgehead atoms. The highest BCUT2D eigenvalue weighted by atomic mass is 32.1. The van der Waals surface area contributed by atoms with Crippen molar-refractivity contribution in [2.45, 2.75) is 51.7 Å². The molecule has 0 aliphatic heterocycles. The minimum Gasteiger partial charge on any atom is -0.374 e. The van der Waals surface area contributed by atoms with Crippen LogP contribution in [0.2, 0.25) is 0 Å². The molecule has 0 aromatic carbocycles. The van der Waals surface area contributed by atoms with Gasteiger partial charge in [-0.3, -0.25) is 11.3 Å². The lowest BCUT2D eigenvalue weighted by molar-refractivity contribution is -0.0719. The summed E-state index contributed by atoms with van der Waals surface area (Å²) in [6.45, 7) is 7.02. The van der Waals surface area contributed by atoms with Crippen molar-refractivity contribution in [3.63, 3.8) is 0 Å². The Morgan fingerprint density at radius 2 is 2.18 bits per heavy atom. The molecule has 0 aliphatic carbocycles. The molecule has 1 aromatic heterocycles. The van der Waals surface area contributed by atoms with Crippen molar-refractivity contribution >= 4 is 11.3 Å². The predicted molar refractivity (Wildman–Crippen MR) is 71.9 cm³/mol. The molecule has 0 saturated heterocycles. The Balaban J connectivity index is 2.80. The maximum atomic E-state index is 5.96. The van der Waals surface area contributed by atoms with Crippen LogP contribution < -0.4 is 11.3 Å². The average Bonchev–Trinajstić information content (AvgIpc) is 2.86. The molecule has 0 amide bonds. The number of aromatic nitrogens is 1. The van der Waals surface area contributed by atoms with Gasteiger partial charge in [0.05, 0.1) is 16.7 Å². The zero-order valence-electron chi connectivity index (χ0n) is 10.9. The van der Waals surface area contributed by atoms with Crippen LogP contribution in [0.1, 0.15) is 38.6 Å². The smallest absolute Gasteiger partial charge is 0.0942 e. The van der Waals surface area contributed by atoms with Gasteiger partial charge < -0.3 is 4.74 Å². The molecule has 4 nitrogen and oxygen atoms in total. The van der Waals surface area contributed by atoms with Gasteiger partial charge in [0.1, 0.15) is 0 Å². The molecule has 0 saturated carbocycles. The second-order valence-corrected chi connectivity index (χ2v) is 5.03. The first-order valence-electron chi connectivity index (χ1n) is 6.20. The van der Waals surface area contributed by atoms with Crippen LogP contribution in [0.15, 0.2) is 11.6 Å². The maximum absolute atomic E-state index is 5.96. The number of nitrogens with zero attached hydrogens (tertiary/aromatic N) is 1. The van der Waals surface area contributed by atoms with E-state index in [1.807, 2.05) is 18.5 Å². The van der Waals surface area contributed by atoms with Crippen molar-refractivity contribution in [2.24, 2.45) is 5.84 Å². The Labute approximate surface area is 108 Å². The first-order valence-corrected chi connectivity index (χ1v) is 7.08. The summed E-state index contributed by atoms with van der Waals surface area (Å²) < 4.78 is 5.96. The van der Waals surface area contributed by atoms with E-state index >= 15 is 0 Å². The van der Waals surface area contributed by atoms with Gasteiger partial charge in [0, 0.05) is 24.6 Å². The number of hydrazine groups is 1. The Hall–Kier alpha value is -0.490. The Kier molecular flexibility index (Phi) is 6.05. The zero-order valence-corrected chi connectivity index (χ0v) is 11.7. The lowest BCUT2D eigenvalue weighted by Gasteiger charge is -2.38. The van der Waals surface area contributed by atoms with Crippen molar-refractivity contribution in [3.05, 3.63) is 16.6 Å². The van der Waals surface area contributed by atoms with E-state index < -0.39 is 0 Å². The predicted octanol–water partition coefficient (Wildman–Crippen LogP) is 2.11. The highest BCUT2D eigenvalue weighted by Crippen LogP contribution is 2.27. The number of nitrogens with one attached hydrogen (secondary N) is 1. The van der Waals surface area contributed by atoms with Crippen molar-refractivity contribution in [3.8, 4) is 0 Å². The molecule has 0 spiro atoms.